The minimum atomic E-state index is 1.32. The molecule has 0 rings (SSSR count). The number of hydrogen-bond donors (Lipinski definition) is 0. The molecular formula is C5H11IS2. The van der Waals surface area contributed by atoms with Crippen LogP contribution in [0.4, 0.5) is 0 Å². The summed E-state index contributed by atoms with van der Waals surface area (Å²) in [5.41, 5.74) is 0. The molecule has 50 valence electrons. The van der Waals surface area contributed by atoms with Crippen molar-refractivity contribution >= 4 is 41.9 Å². The van der Waals surface area contributed by atoms with Crippen molar-refractivity contribution in [1.29, 1.82) is 0 Å². The zero-order chi connectivity index (χ0) is 6.24. The molecule has 0 amide bonds. The molecule has 0 atom stereocenters. The second-order valence-electron chi connectivity index (χ2n) is 1.51. The van der Waals surface area contributed by atoms with Crippen molar-refractivity contribution in [1.82, 2.24) is 0 Å². The van der Waals surface area contributed by atoms with Gasteiger partial charge >= 0.3 is 0 Å². The van der Waals surface area contributed by atoms with E-state index in [1.54, 1.807) is 0 Å². The summed E-state index contributed by atoms with van der Waals surface area (Å²) in [4.78, 5) is 0. The first kappa shape index (κ1) is 9.43. The van der Waals surface area contributed by atoms with Crippen LogP contribution in [0.2, 0.25) is 0 Å². The third-order valence-corrected chi connectivity index (χ3v) is 3.28. The lowest BCUT2D eigenvalue weighted by atomic mass is 10.4. The Morgan fingerprint density at radius 2 is 1.88 bits per heavy atom. The van der Waals surface area contributed by atoms with Gasteiger partial charge in [-0.2, -0.15) is 11.8 Å². The van der Waals surface area contributed by atoms with E-state index < -0.39 is 0 Å². The van der Waals surface area contributed by atoms with Crippen LogP contribution in [-0.2, 0) is 0 Å². The van der Waals surface area contributed by atoms with Crippen LogP contribution in [0, 0.1) is 0 Å². The van der Waals surface area contributed by atoms with Gasteiger partial charge in [-0.1, -0.05) is 8.93 Å². The molecule has 0 fully saturated rings. The summed E-state index contributed by atoms with van der Waals surface area (Å²) in [5, 5.41) is 0. The smallest absolute Gasteiger partial charge is 0.00337 e. The van der Waals surface area contributed by atoms with Crippen molar-refractivity contribution < 1.29 is 0 Å². The predicted octanol–water partition coefficient (Wildman–Crippen LogP) is 3.21. The first-order valence-corrected chi connectivity index (χ1v) is 7.56. The lowest BCUT2D eigenvalue weighted by Crippen LogP contribution is -1.79. The van der Waals surface area contributed by atoms with Gasteiger partial charge in [-0.15, -0.1) is 0 Å². The highest BCUT2D eigenvalue weighted by Gasteiger charge is 1.84. The maximum Gasteiger partial charge on any atom is 0.00337 e. The zero-order valence-corrected chi connectivity index (χ0v) is 8.81. The van der Waals surface area contributed by atoms with Crippen molar-refractivity contribution in [2.75, 3.05) is 17.8 Å². The minimum absolute atomic E-state index is 1.32. The van der Waals surface area contributed by atoms with Crippen LogP contribution >= 0.6 is 41.9 Å². The molecule has 0 aromatic heterocycles. The minimum Gasteiger partial charge on any atom is -0.165 e. The lowest BCUT2D eigenvalue weighted by molar-refractivity contribution is 0.911. The van der Waals surface area contributed by atoms with E-state index >= 15 is 0 Å². The monoisotopic (exact) mass is 262 g/mol. The third kappa shape index (κ3) is 7.43. The normalized spacial score (nSPS) is 9.75. The predicted molar refractivity (Wildman–Crippen MR) is 54.1 cm³/mol. The molecule has 0 aromatic rings. The molecule has 0 saturated heterocycles. The average molecular weight is 262 g/mol. The number of unbranched alkanes of at least 4 members (excludes halogenated alkanes) is 1. The lowest BCUT2D eigenvalue weighted by Gasteiger charge is -1.92. The van der Waals surface area contributed by atoms with E-state index in [-0.39, 0.29) is 0 Å². The molecule has 0 aromatic carbocycles. The van der Waals surface area contributed by atoms with Gasteiger partial charge in [0.15, 0.2) is 0 Å². The van der Waals surface area contributed by atoms with Crippen LogP contribution in [0.1, 0.15) is 12.8 Å². The Labute approximate surface area is 72.2 Å². The number of rotatable bonds is 5. The highest BCUT2D eigenvalue weighted by molar-refractivity contribution is 14.2. The second-order valence-corrected chi connectivity index (χ2v) is 4.99. The summed E-state index contributed by atoms with van der Waals surface area (Å²) in [7, 11) is 1.91. The van der Waals surface area contributed by atoms with Gasteiger partial charge < -0.3 is 0 Å². The molecule has 0 aliphatic heterocycles. The Bertz CT molecular complexity index is 35.4. The van der Waals surface area contributed by atoms with Gasteiger partial charge in [-0.3, -0.25) is 0 Å². The SMILES string of the molecule is CSCCCCSI. The van der Waals surface area contributed by atoms with Gasteiger partial charge in [0.25, 0.3) is 0 Å². The van der Waals surface area contributed by atoms with E-state index in [1.165, 1.54) is 24.3 Å². The van der Waals surface area contributed by atoms with Crippen LogP contribution in [0.25, 0.3) is 0 Å². The summed E-state index contributed by atoms with van der Waals surface area (Å²) in [6, 6.07) is 0. The van der Waals surface area contributed by atoms with E-state index in [9.17, 15) is 0 Å². The summed E-state index contributed by atoms with van der Waals surface area (Å²) < 4.78 is 0. The Balaban J connectivity index is 2.53. The number of thioether (sulfide) groups is 1. The molecule has 3 heteroatoms. The summed E-state index contributed by atoms with van der Waals surface area (Å²) >= 11 is 4.29. The van der Waals surface area contributed by atoms with Crippen LogP contribution in [0.15, 0.2) is 0 Å². The van der Waals surface area contributed by atoms with Gasteiger partial charge in [-0.05, 0) is 46.1 Å². The van der Waals surface area contributed by atoms with Crippen LogP contribution in [0.5, 0.6) is 0 Å². The van der Waals surface area contributed by atoms with Crippen LogP contribution in [-0.4, -0.2) is 17.8 Å². The maximum absolute atomic E-state index is 2.35. The summed E-state index contributed by atoms with van der Waals surface area (Å²) in [5.74, 6) is 2.65. The third-order valence-electron chi connectivity index (χ3n) is 0.820. The molecule has 0 nitrogen and oxygen atoms in total. The van der Waals surface area contributed by atoms with Gasteiger partial charge in [0, 0.05) is 5.75 Å². The fraction of sp³-hybridized carbons (Fsp3) is 1.00. The quantitative estimate of drug-likeness (QED) is 0.551. The van der Waals surface area contributed by atoms with E-state index in [2.05, 4.69) is 27.5 Å². The van der Waals surface area contributed by atoms with Crippen LogP contribution in [0.3, 0.4) is 0 Å². The van der Waals surface area contributed by atoms with E-state index in [0.29, 0.717) is 0 Å². The van der Waals surface area contributed by atoms with Gasteiger partial charge in [0.2, 0.25) is 0 Å². The van der Waals surface area contributed by atoms with Crippen molar-refractivity contribution in [2.24, 2.45) is 0 Å². The molecule has 0 aliphatic carbocycles. The molecule has 0 unspecified atom stereocenters. The Hall–Kier alpha value is 1.43. The maximum atomic E-state index is 2.35. The largest absolute Gasteiger partial charge is 0.165 e. The Kier molecular flexibility index (Phi) is 9.94. The molecule has 0 saturated carbocycles. The number of halogens is 1. The molecule has 0 bridgehead atoms. The van der Waals surface area contributed by atoms with Crippen LogP contribution < -0.4 is 0 Å². The number of hydrogen-bond acceptors (Lipinski definition) is 2. The average Bonchev–Trinajstić information content (AvgIpc) is 1.81. The molecular weight excluding hydrogens is 251 g/mol. The zero-order valence-electron chi connectivity index (χ0n) is 5.02. The topological polar surface area (TPSA) is 0 Å². The second kappa shape index (κ2) is 8.43. The van der Waals surface area contributed by atoms with Gasteiger partial charge in [0.05, 0.1) is 0 Å². The van der Waals surface area contributed by atoms with Crippen molar-refractivity contribution in [3.05, 3.63) is 0 Å². The van der Waals surface area contributed by atoms with E-state index in [4.69, 9.17) is 0 Å². The Morgan fingerprint density at radius 1 is 1.25 bits per heavy atom. The van der Waals surface area contributed by atoms with Gasteiger partial charge in [-0.25, -0.2) is 0 Å². The first-order chi connectivity index (χ1) is 3.91. The molecule has 8 heavy (non-hydrogen) atoms. The van der Waals surface area contributed by atoms with Crippen molar-refractivity contribution in [2.45, 2.75) is 12.8 Å². The highest BCUT2D eigenvalue weighted by atomic mass is 127. The molecule has 0 aliphatic rings. The fourth-order valence-electron chi connectivity index (χ4n) is 0.403. The molecule has 0 heterocycles. The molecule has 0 spiro atoms. The fourth-order valence-corrected chi connectivity index (χ4v) is 2.14. The van der Waals surface area contributed by atoms with Gasteiger partial charge in [0.1, 0.15) is 0 Å². The van der Waals surface area contributed by atoms with E-state index in [0.717, 1.165) is 0 Å². The first-order valence-electron chi connectivity index (χ1n) is 2.64. The van der Waals surface area contributed by atoms with Crippen molar-refractivity contribution in [3.8, 4) is 0 Å². The molecule has 0 N–H and O–H groups in total. The summed E-state index contributed by atoms with van der Waals surface area (Å²) in [6.45, 7) is 0. The van der Waals surface area contributed by atoms with Crippen molar-refractivity contribution in [3.63, 3.8) is 0 Å². The molecule has 0 radical (unpaired) electrons. The Morgan fingerprint density at radius 3 is 2.38 bits per heavy atom. The summed E-state index contributed by atoms with van der Waals surface area (Å²) in [6.07, 6.45) is 4.93. The highest BCUT2D eigenvalue weighted by Crippen LogP contribution is 2.13. The van der Waals surface area contributed by atoms with E-state index in [1.807, 2.05) is 20.7 Å². The standard InChI is InChI=1S/C5H11IS2/c1-7-4-2-3-5-8-6/h2-5H2,1H3.